The van der Waals surface area contributed by atoms with Gasteiger partial charge in [0, 0.05) is 24.0 Å². The molecule has 2 amide bonds. The van der Waals surface area contributed by atoms with Crippen molar-refractivity contribution in [2.75, 3.05) is 18.8 Å². The molecule has 1 aliphatic rings. The molecular formula is C23H22N4O5S2. The smallest absolute Gasteiger partial charge is 0.246 e. The Kier molecular flexibility index (Phi) is 7.13. The number of phenolic OH excluding ortho intramolecular Hbond substituents is 1. The number of thioether (sulfide) groups is 1. The lowest BCUT2D eigenvalue weighted by Crippen LogP contribution is -2.37. The average molecular weight is 499 g/mol. The fraction of sp³-hybridized carbons (Fsp3) is 0.261. The van der Waals surface area contributed by atoms with Gasteiger partial charge in [-0.2, -0.15) is 0 Å². The predicted molar refractivity (Wildman–Crippen MR) is 134 cm³/mol. The second kappa shape index (κ2) is 10.2. The number of hydrogen-bond donors (Lipinski definition) is 4. The number of benzene rings is 2. The van der Waals surface area contributed by atoms with E-state index in [-0.39, 0.29) is 55.0 Å². The monoisotopic (exact) mass is 498 g/mol. The highest BCUT2D eigenvalue weighted by molar-refractivity contribution is 8.15. The zero-order valence-electron chi connectivity index (χ0n) is 18.0. The van der Waals surface area contributed by atoms with Gasteiger partial charge < -0.3 is 20.8 Å². The van der Waals surface area contributed by atoms with Crippen LogP contribution in [-0.2, 0) is 14.4 Å². The number of rotatable bonds is 9. The van der Waals surface area contributed by atoms with Crippen LogP contribution in [0.1, 0.15) is 17.8 Å². The largest absolute Gasteiger partial charge is 0.511 e. The molecule has 0 spiro atoms. The van der Waals surface area contributed by atoms with Gasteiger partial charge in [-0.1, -0.05) is 12.6 Å². The number of carbonyl (C=O) groups is 3. The van der Waals surface area contributed by atoms with Crippen molar-refractivity contribution < 1.29 is 24.6 Å². The molecule has 1 aromatic heterocycles. The number of hydrogen-bond acceptors (Lipinski definition) is 9. The van der Waals surface area contributed by atoms with Crippen LogP contribution in [0.3, 0.4) is 0 Å². The molecule has 1 aliphatic heterocycles. The molecule has 3 aromatic rings. The Morgan fingerprint density at radius 1 is 1.12 bits per heavy atom. The van der Waals surface area contributed by atoms with Gasteiger partial charge in [0.1, 0.15) is 27.6 Å². The molecule has 1 atom stereocenters. The molecule has 0 saturated heterocycles. The van der Waals surface area contributed by atoms with Gasteiger partial charge in [-0.25, -0.2) is 4.98 Å². The summed E-state index contributed by atoms with van der Waals surface area (Å²) < 4.78 is 0.988. The van der Waals surface area contributed by atoms with Crippen LogP contribution >= 0.6 is 23.1 Å². The van der Waals surface area contributed by atoms with Gasteiger partial charge in [-0.05, 0) is 29.7 Å². The second-order valence-corrected chi connectivity index (χ2v) is 9.71. The van der Waals surface area contributed by atoms with E-state index in [9.17, 15) is 19.5 Å². The number of nitrogens with one attached hydrogen (secondary N) is 2. The maximum absolute atomic E-state index is 12.5. The number of aliphatic hydroxyl groups excluding tert-OH is 1. The highest BCUT2D eigenvalue weighted by atomic mass is 32.2. The van der Waals surface area contributed by atoms with Crippen LogP contribution in [0.2, 0.25) is 0 Å². The summed E-state index contributed by atoms with van der Waals surface area (Å²) >= 11 is 2.93. The maximum atomic E-state index is 12.5. The summed E-state index contributed by atoms with van der Waals surface area (Å²) in [4.78, 5) is 45.2. The minimum absolute atomic E-state index is 0.0185. The van der Waals surface area contributed by atoms with Crippen molar-refractivity contribution in [2.45, 2.75) is 18.9 Å². The van der Waals surface area contributed by atoms with Gasteiger partial charge in [-0.15, -0.1) is 23.1 Å². The first-order chi connectivity index (χ1) is 16.3. The third-order valence-corrected chi connectivity index (χ3v) is 7.37. The lowest BCUT2D eigenvalue weighted by molar-refractivity contribution is -0.127. The first-order valence-electron chi connectivity index (χ1n) is 10.5. The van der Waals surface area contributed by atoms with Crippen LogP contribution in [0.4, 0.5) is 0 Å². The molecule has 0 aliphatic carbocycles. The molecular weight excluding hydrogens is 476 g/mol. The van der Waals surface area contributed by atoms with Gasteiger partial charge >= 0.3 is 0 Å². The number of ketones is 1. The molecule has 11 heteroatoms. The SMILES string of the molecule is C=C(O)CNC(=O)CCC(=O)CNC(=O)C1CSC(c2nc3ccc4cc(O)ccc4c3s2)=N1. The zero-order chi connectivity index (χ0) is 24.2. The zero-order valence-corrected chi connectivity index (χ0v) is 19.7. The molecule has 4 rings (SSSR count). The molecule has 2 heterocycles. The van der Waals surface area contributed by atoms with Crippen molar-refractivity contribution in [1.82, 2.24) is 15.6 Å². The lowest BCUT2D eigenvalue weighted by Gasteiger charge is -2.07. The number of thiazole rings is 1. The number of fused-ring (bicyclic) bond motifs is 3. The molecule has 1 unspecified atom stereocenters. The Bertz CT molecular complexity index is 1330. The van der Waals surface area contributed by atoms with Crippen molar-refractivity contribution >= 4 is 66.7 Å². The molecule has 34 heavy (non-hydrogen) atoms. The average Bonchev–Trinajstić information content (AvgIpc) is 3.47. The van der Waals surface area contributed by atoms with Gasteiger partial charge in [0.05, 0.1) is 23.3 Å². The highest BCUT2D eigenvalue weighted by Gasteiger charge is 2.27. The number of aromatic nitrogens is 1. The topological polar surface area (TPSA) is 141 Å². The fourth-order valence-corrected chi connectivity index (χ4v) is 5.56. The Morgan fingerprint density at radius 2 is 1.94 bits per heavy atom. The van der Waals surface area contributed by atoms with Crippen LogP contribution in [0, 0.1) is 0 Å². The summed E-state index contributed by atoms with van der Waals surface area (Å²) in [5.74, 6) is -0.509. The highest BCUT2D eigenvalue weighted by Crippen LogP contribution is 2.35. The number of aromatic hydroxyl groups is 1. The van der Waals surface area contributed by atoms with E-state index in [4.69, 9.17) is 5.11 Å². The van der Waals surface area contributed by atoms with Gasteiger partial charge in [0.25, 0.3) is 0 Å². The minimum Gasteiger partial charge on any atom is -0.511 e. The normalized spacial score (nSPS) is 15.3. The Labute approximate surface area is 203 Å². The summed E-state index contributed by atoms with van der Waals surface area (Å²) in [6.45, 7) is 3.03. The Hall–Kier alpha value is -3.44. The minimum atomic E-state index is -0.618. The third-order valence-electron chi connectivity index (χ3n) is 5.07. The second-order valence-electron chi connectivity index (χ2n) is 7.70. The maximum Gasteiger partial charge on any atom is 0.246 e. The van der Waals surface area contributed by atoms with E-state index in [1.165, 1.54) is 23.1 Å². The molecule has 0 radical (unpaired) electrons. The standard InChI is InChI=1S/C23H22N4O5S2/c1-12(28)9-24-19(31)7-4-15(30)10-25-21(32)18-11-33-22(27-18)23-26-17-6-2-13-8-14(29)3-5-16(13)20(17)34-23/h2-3,5-6,8,18,28-29H,1,4,7,9-11H2,(H,24,31)(H,25,32). The molecule has 176 valence electrons. The summed E-state index contributed by atoms with van der Waals surface area (Å²) in [7, 11) is 0. The van der Waals surface area contributed by atoms with E-state index in [1.54, 1.807) is 12.1 Å². The first-order valence-corrected chi connectivity index (χ1v) is 12.3. The number of aliphatic imine (C=N–C) groups is 1. The molecule has 4 N–H and O–H groups in total. The van der Waals surface area contributed by atoms with E-state index in [2.05, 4.69) is 27.2 Å². The van der Waals surface area contributed by atoms with Crippen molar-refractivity contribution in [3.8, 4) is 5.75 Å². The van der Waals surface area contributed by atoms with E-state index in [0.29, 0.717) is 10.8 Å². The van der Waals surface area contributed by atoms with Gasteiger partial charge in [0.2, 0.25) is 11.8 Å². The summed E-state index contributed by atoms with van der Waals surface area (Å²) in [6.07, 6.45) is -0.0507. The van der Waals surface area contributed by atoms with E-state index in [1.807, 2.05) is 18.2 Å². The third kappa shape index (κ3) is 5.54. The van der Waals surface area contributed by atoms with Crippen molar-refractivity contribution in [2.24, 2.45) is 4.99 Å². The van der Waals surface area contributed by atoms with E-state index < -0.39 is 6.04 Å². The summed E-state index contributed by atoms with van der Waals surface area (Å²) in [5, 5.41) is 27.0. The summed E-state index contributed by atoms with van der Waals surface area (Å²) in [6, 6.07) is 8.39. The number of nitrogens with zero attached hydrogens (tertiary/aromatic N) is 2. The van der Waals surface area contributed by atoms with Gasteiger partial charge in [-0.3, -0.25) is 19.4 Å². The van der Waals surface area contributed by atoms with Crippen LogP contribution in [-0.4, -0.2) is 62.7 Å². The fourth-order valence-electron chi connectivity index (χ4n) is 3.35. The van der Waals surface area contributed by atoms with Crippen LogP contribution in [0.25, 0.3) is 21.0 Å². The number of amides is 2. The quantitative estimate of drug-likeness (QED) is 0.332. The van der Waals surface area contributed by atoms with E-state index >= 15 is 0 Å². The first kappa shape index (κ1) is 23.7. The van der Waals surface area contributed by atoms with Crippen molar-refractivity contribution in [1.29, 1.82) is 0 Å². The number of aliphatic hydroxyl groups is 1. The molecule has 0 fully saturated rings. The number of carbonyl (C=O) groups excluding carboxylic acids is 3. The molecule has 2 aromatic carbocycles. The lowest BCUT2D eigenvalue weighted by atomic mass is 10.1. The Balaban J connectivity index is 1.34. The van der Waals surface area contributed by atoms with Crippen LogP contribution < -0.4 is 10.6 Å². The van der Waals surface area contributed by atoms with Crippen LogP contribution in [0.5, 0.6) is 5.75 Å². The summed E-state index contributed by atoms with van der Waals surface area (Å²) in [5.41, 5.74) is 0.826. The van der Waals surface area contributed by atoms with Crippen LogP contribution in [0.15, 0.2) is 47.7 Å². The predicted octanol–water partition coefficient (Wildman–Crippen LogP) is 2.67. The van der Waals surface area contributed by atoms with Gasteiger partial charge in [0.15, 0.2) is 5.78 Å². The Morgan fingerprint density at radius 3 is 2.74 bits per heavy atom. The van der Waals surface area contributed by atoms with Crippen molar-refractivity contribution in [3.63, 3.8) is 0 Å². The number of Topliss-reactive ketones (excluding diaryl/α,β-unsaturated/α-hetero) is 1. The number of phenols is 1. The molecule has 0 saturated carbocycles. The molecule has 9 nitrogen and oxygen atoms in total. The molecule has 0 bridgehead atoms. The van der Waals surface area contributed by atoms with E-state index in [0.717, 1.165) is 26.0 Å². The van der Waals surface area contributed by atoms with Crippen molar-refractivity contribution in [3.05, 3.63) is 47.7 Å².